The summed E-state index contributed by atoms with van der Waals surface area (Å²) < 4.78 is 17.1. The fourth-order valence-corrected chi connectivity index (χ4v) is 3.74. The number of nitrogens with two attached hydrogens (primary N) is 1. The van der Waals surface area contributed by atoms with Crippen LogP contribution in [-0.2, 0) is 6.61 Å². The Kier molecular flexibility index (Phi) is 8.26. The molecule has 1 fully saturated rings. The van der Waals surface area contributed by atoms with Gasteiger partial charge in [-0.05, 0) is 30.4 Å². The van der Waals surface area contributed by atoms with Crippen molar-refractivity contribution in [2.45, 2.75) is 44.8 Å². The molecule has 0 unspecified atom stereocenters. The van der Waals surface area contributed by atoms with Crippen LogP contribution in [0.25, 0.3) is 0 Å². The number of rotatable bonds is 7. The van der Waals surface area contributed by atoms with Crippen LogP contribution < -0.4 is 19.9 Å². The van der Waals surface area contributed by atoms with Gasteiger partial charge in [0.05, 0.1) is 14.2 Å². The number of halogens is 1. The SMILES string of the molecule is COc1cc(OCc2ccccc2)c([C@@H](N)C2CCCCC2)cc1OC.Cl. The van der Waals surface area contributed by atoms with E-state index in [2.05, 4.69) is 12.1 Å². The number of hydrogen-bond acceptors (Lipinski definition) is 4. The molecule has 2 aromatic rings. The van der Waals surface area contributed by atoms with Gasteiger partial charge in [0, 0.05) is 17.7 Å². The second-order valence-electron chi connectivity index (χ2n) is 6.94. The van der Waals surface area contributed by atoms with Crippen molar-refractivity contribution >= 4 is 12.4 Å². The molecule has 1 aliphatic rings. The third-order valence-corrected chi connectivity index (χ3v) is 5.27. The van der Waals surface area contributed by atoms with Crippen molar-refractivity contribution < 1.29 is 14.2 Å². The number of benzene rings is 2. The van der Waals surface area contributed by atoms with Crippen molar-refractivity contribution in [1.82, 2.24) is 0 Å². The summed E-state index contributed by atoms with van der Waals surface area (Å²) in [5.74, 6) is 2.63. The molecule has 27 heavy (non-hydrogen) atoms. The number of hydrogen-bond donors (Lipinski definition) is 1. The summed E-state index contributed by atoms with van der Waals surface area (Å²) in [5.41, 5.74) is 8.81. The minimum atomic E-state index is -0.0547. The first-order chi connectivity index (χ1) is 12.7. The molecule has 0 spiro atoms. The molecule has 0 aromatic heterocycles. The second-order valence-corrected chi connectivity index (χ2v) is 6.94. The third kappa shape index (κ3) is 5.30. The summed E-state index contributed by atoms with van der Waals surface area (Å²) in [4.78, 5) is 0. The monoisotopic (exact) mass is 391 g/mol. The number of ether oxygens (including phenoxy) is 3. The minimum absolute atomic E-state index is 0. The summed E-state index contributed by atoms with van der Waals surface area (Å²) in [7, 11) is 3.29. The average molecular weight is 392 g/mol. The van der Waals surface area contributed by atoms with Crippen molar-refractivity contribution in [3.8, 4) is 17.2 Å². The van der Waals surface area contributed by atoms with Crippen molar-refractivity contribution in [3.05, 3.63) is 53.6 Å². The van der Waals surface area contributed by atoms with Gasteiger partial charge >= 0.3 is 0 Å². The van der Waals surface area contributed by atoms with E-state index in [1.165, 1.54) is 32.1 Å². The van der Waals surface area contributed by atoms with E-state index in [1.807, 2.05) is 30.3 Å². The van der Waals surface area contributed by atoms with Gasteiger partial charge < -0.3 is 19.9 Å². The molecule has 0 heterocycles. The standard InChI is InChI=1S/C22H29NO3.ClH/c1-24-20-13-18(22(23)17-11-7-4-8-12-17)19(14-21(20)25-2)26-15-16-9-5-3-6-10-16;/h3,5-6,9-10,13-14,17,22H,4,7-8,11-12,15,23H2,1-2H3;1H/t22-;/m0./s1. The molecule has 1 aliphatic carbocycles. The fraction of sp³-hybridized carbons (Fsp3) is 0.455. The zero-order chi connectivity index (χ0) is 18.4. The molecule has 1 atom stereocenters. The summed E-state index contributed by atoms with van der Waals surface area (Å²) in [6.07, 6.45) is 6.17. The zero-order valence-corrected chi connectivity index (χ0v) is 17.0. The molecule has 0 aliphatic heterocycles. The molecule has 2 aromatic carbocycles. The molecule has 1 saturated carbocycles. The lowest BCUT2D eigenvalue weighted by atomic mass is 9.81. The highest BCUT2D eigenvalue weighted by atomic mass is 35.5. The van der Waals surface area contributed by atoms with Gasteiger partial charge in [-0.25, -0.2) is 0 Å². The Labute approximate surface area is 168 Å². The Morgan fingerprint density at radius 1 is 0.926 bits per heavy atom. The van der Waals surface area contributed by atoms with Gasteiger partial charge in [0.2, 0.25) is 0 Å². The summed E-state index contributed by atoms with van der Waals surface area (Å²) >= 11 is 0. The van der Waals surface area contributed by atoms with Crippen molar-refractivity contribution in [2.75, 3.05) is 14.2 Å². The van der Waals surface area contributed by atoms with Gasteiger partial charge in [-0.15, -0.1) is 12.4 Å². The quantitative estimate of drug-likeness (QED) is 0.697. The van der Waals surface area contributed by atoms with Crippen LogP contribution in [0.3, 0.4) is 0 Å². The van der Waals surface area contributed by atoms with Crippen molar-refractivity contribution in [3.63, 3.8) is 0 Å². The molecule has 148 valence electrons. The predicted molar refractivity (Wildman–Crippen MR) is 111 cm³/mol. The van der Waals surface area contributed by atoms with Gasteiger partial charge in [-0.3, -0.25) is 0 Å². The summed E-state index contributed by atoms with van der Waals surface area (Å²) in [5, 5.41) is 0. The average Bonchev–Trinajstić information content (AvgIpc) is 2.72. The summed E-state index contributed by atoms with van der Waals surface area (Å²) in [6, 6.07) is 14.0. The maximum Gasteiger partial charge on any atom is 0.164 e. The highest BCUT2D eigenvalue weighted by molar-refractivity contribution is 5.85. The molecule has 2 N–H and O–H groups in total. The molecular weight excluding hydrogens is 362 g/mol. The van der Waals surface area contributed by atoms with Gasteiger partial charge in [0.15, 0.2) is 11.5 Å². The number of methoxy groups -OCH3 is 2. The first-order valence-corrected chi connectivity index (χ1v) is 9.41. The topological polar surface area (TPSA) is 53.7 Å². The molecule has 5 heteroatoms. The Balaban J connectivity index is 0.00000261. The van der Waals surface area contributed by atoms with Crippen molar-refractivity contribution in [2.24, 2.45) is 11.7 Å². The van der Waals surface area contributed by atoms with Crippen LogP contribution in [-0.4, -0.2) is 14.2 Å². The lowest BCUT2D eigenvalue weighted by Crippen LogP contribution is -2.24. The van der Waals surface area contributed by atoms with Crippen LogP contribution in [0, 0.1) is 5.92 Å². The first-order valence-electron chi connectivity index (χ1n) is 9.41. The lowest BCUT2D eigenvalue weighted by Gasteiger charge is -2.29. The van der Waals surface area contributed by atoms with E-state index in [9.17, 15) is 0 Å². The van der Waals surface area contributed by atoms with E-state index in [-0.39, 0.29) is 18.4 Å². The van der Waals surface area contributed by atoms with Crippen LogP contribution in [0.15, 0.2) is 42.5 Å². The lowest BCUT2D eigenvalue weighted by molar-refractivity contribution is 0.274. The molecule has 3 rings (SSSR count). The molecule has 0 amide bonds. The van der Waals surface area contributed by atoms with E-state index in [0.717, 1.165) is 16.9 Å². The zero-order valence-electron chi connectivity index (χ0n) is 16.1. The molecule has 0 bridgehead atoms. The Bertz CT molecular complexity index is 702. The van der Waals surface area contributed by atoms with Crippen LogP contribution in [0.4, 0.5) is 0 Å². The smallest absolute Gasteiger partial charge is 0.164 e. The minimum Gasteiger partial charge on any atom is -0.493 e. The van der Waals surface area contributed by atoms with Crippen LogP contribution in [0.1, 0.15) is 49.3 Å². The van der Waals surface area contributed by atoms with E-state index >= 15 is 0 Å². The van der Waals surface area contributed by atoms with Crippen LogP contribution >= 0.6 is 12.4 Å². The highest BCUT2D eigenvalue weighted by Crippen LogP contribution is 2.42. The molecule has 4 nitrogen and oxygen atoms in total. The normalized spacial score (nSPS) is 15.5. The third-order valence-electron chi connectivity index (χ3n) is 5.27. The Morgan fingerprint density at radius 3 is 2.19 bits per heavy atom. The second kappa shape index (κ2) is 10.4. The van der Waals surface area contributed by atoms with Gasteiger partial charge in [0.25, 0.3) is 0 Å². The van der Waals surface area contributed by atoms with E-state index in [0.29, 0.717) is 24.0 Å². The van der Waals surface area contributed by atoms with Gasteiger partial charge in [-0.2, -0.15) is 0 Å². The fourth-order valence-electron chi connectivity index (χ4n) is 3.74. The predicted octanol–water partition coefficient (Wildman–Crippen LogP) is 5.28. The van der Waals surface area contributed by atoms with E-state index < -0.39 is 0 Å². The van der Waals surface area contributed by atoms with Gasteiger partial charge in [0.1, 0.15) is 12.4 Å². The van der Waals surface area contributed by atoms with Crippen LogP contribution in [0.5, 0.6) is 17.2 Å². The largest absolute Gasteiger partial charge is 0.493 e. The van der Waals surface area contributed by atoms with E-state index in [4.69, 9.17) is 19.9 Å². The summed E-state index contributed by atoms with van der Waals surface area (Å²) in [6.45, 7) is 0.501. The maximum absolute atomic E-state index is 6.68. The molecule has 0 saturated heterocycles. The van der Waals surface area contributed by atoms with Crippen LogP contribution in [0.2, 0.25) is 0 Å². The Hall–Kier alpha value is -1.91. The van der Waals surface area contributed by atoms with Crippen molar-refractivity contribution in [1.29, 1.82) is 0 Å². The molecule has 0 radical (unpaired) electrons. The van der Waals surface area contributed by atoms with Gasteiger partial charge in [-0.1, -0.05) is 49.6 Å². The molecular formula is C22H30ClNO3. The van der Waals surface area contributed by atoms with E-state index in [1.54, 1.807) is 14.2 Å². The Morgan fingerprint density at radius 2 is 1.56 bits per heavy atom. The highest BCUT2D eigenvalue weighted by Gasteiger charge is 2.26. The maximum atomic E-state index is 6.68. The first kappa shape index (κ1) is 21.4.